The Hall–Kier alpha value is -1.43. The number of hydrogen-bond acceptors (Lipinski definition) is 4. The van der Waals surface area contributed by atoms with E-state index in [1.807, 2.05) is 24.3 Å². The number of thiazole rings is 1. The number of carbonyl (C=O) groups is 1. The SMILES string of the molecule is CC1CCNCC1NC(=O)c1csc(-c2ccccc2Cl)n1. The Morgan fingerprint density at radius 1 is 1.45 bits per heavy atom. The molecule has 2 atom stereocenters. The van der Waals surface area contributed by atoms with Crippen LogP contribution in [0.1, 0.15) is 23.8 Å². The summed E-state index contributed by atoms with van der Waals surface area (Å²) < 4.78 is 0. The van der Waals surface area contributed by atoms with Crippen LogP contribution < -0.4 is 10.6 Å². The highest BCUT2D eigenvalue weighted by atomic mass is 35.5. The number of piperidine rings is 1. The second-order valence-electron chi connectivity index (χ2n) is 5.57. The standard InChI is InChI=1S/C16H18ClN3OS/c1-10-6-7-18-8-13(10)19-15(21)14-9-22-16(20-14)11-4-2-3-5-12(11)17/h2-5,9-10,13,18H,6-8H2,1H3,(H,19,21). The Kier molecular flexibility index (Phi) is 4.76. The van der Waals surface area contributed by atoms with Crippen molar-refractivity contribution in [3.05, 3.63) is 40.4 Å². The highest BCUT2D eigenvalue weighted by molar-refractivity contribution is 7.13. The largest absolute Gasteiger partial charge is 0.346 e. The van der Waals surface area contributed by atoms with Crippen molar-refractivity contribution in [3.63, 3.8) is 0 Å². The van der Waals surface area contributed by atoms with Gasteiger partial charge in [0.25, 0.3) is 5.91 Å². The van der Waals surface area contributed by atoms with E-state index in [0.717, 1.165) is 30.1 Å². The van der Waals surface area contributed by atoms with Gasteiger partial charge in [-0.3, -0.25) is 4.79 Å². The fourth-order valence-electron chi connectivity index (χ4n) is 2.56. The fourth-order valence-corrected chi connectivity index (χ4v) is 3.68. The number of halogens is 1. The van der Waals surface area contributed by atoms with Crippen LogP contribution in [0.15, 0.2) is 29.6 Å². The predicted molar refractivity (Wildman–Crippen MR) is 90.5 cm³/mol. The first-order valence-corrected chi connectivity index (χ1v) is 8.63. The topological polar surface area (TPSA) is 54.0 Å². The van der Waals surface area contributed by atoms with E-state index in [0.29, 0.717) is 16.6 Å². The lowest BCUT2D eigenvalue weighted by molar-refractivity contribution is 0.0911. The predicted octanol–water partition coefficient (Wildman–Crippen LogP) is 3.19. The second-order valence-corrected chi connectivity index (χ2v) is 6.83. The zero-order valence-electron chi connectivity index (χ0n) is 12.3. The molecular weight excluding hydrogens is 318 g/mol. The third-order valence-corrected chi connectivity index (χ3v) is 5.19. The van der Waals surface area contributed by atoms with Gasteiger partial charge in [-0.25, -0.2) is 4.98 Å². The van der Waals surface area contributed by atoms with Crippen LogP contribution in [0.2, 0.25) is 5.02 Å². The minimum atomic E-state index is -0.116. The Morgan fingerprint density at radius 2 is 2.27 bits per heavy atom. The summed E-state index contributed by atoms with van der Waals surface area (Å²) in [5, 5.41) is 9.59. The average molecular weight is 336 g/mol. The summed E-state index contributed by atoms with van der Waals surface area (Å²) in [7, 11) is 0. The van der Waals surface area contributed by atoms with Crippen molar-refractivity contribution in [2.24, 2.45) is 5.92 Å². The van der Waals surface area contributed by atoms with Crippen LogP contribution in [-0.2, 0) is 0 Å². The van der Waals surface area contributed by atoms with E-state index >= 15 is 0 Å². The molecule has 1 aliphatic heterocycles. The third-order valence-electron chi connectivity index (χ3n) is 3.99. The maximum absolute atomic E-state index is 12.4. The van der Waals surface area contributed by atoms with Gasteiger partial charge in [0.15, 0.2) is 0 Å². The zero-order chi connectivity index (χ0) is 15.5. The van der Waals surface area contributed by atoms with Crippen LogP contribution in [0.5, 0.6) is 0 Å². The number of amides is 1. The minimum Gasteiger partial charge on any atom is -0.346 e. The summed E-state index contributed by atoms with van der Waals surface area (Å²) in [5.74, 6) is 0.363. The van der Waals surface area contributed by atoms with Crippen molar-refractivity contribution in [1.82, 2.24) is 15.6 Å². The van der Waals surface area contributed by atoms with Gasteiger partial charge < -0.3 is 10.6 Å². The van der Waals surface area contributed by atoms with E-state index in [1.165, 1.54) is 11.3 Å². The summed E-state index contributed by atoms with van der Waals surface area (Å²) in [6, 6.07) is 7.69. The molecule has 1 aliphatic rings. The number of nitrogens with zero attached hydrogens (tertiary/aromatic N) is 1. The van der Waals surface area contributed by atoms with Gasteiger partial charge in [0.2, 0.25) is 0 Å². The molecule has 4 nitrogen and oxygen atoms in total. The molecule has 2 heterocycles. The van der Waals surface area contributed by atoms with Crippen LogP contribution in [0.25, 0.3) is 10.6 Å². The lowest BCUT2D eigenvalue weighted by Gasteiger charge is -2.29. The Morgan fingerprint density at radius 3 is 3.05 bits per heavy atom. The molecule has 2 N–H and O–H groups in total. The molecule has 2 aromatic rings. The molecule has 0 aliphatic carbocycles. The van der Waals surface area contributed by atoms with Crippen molar-refractivity contribution >= 4 is 28.8 Å². The van der Waals surface area contributed by atoms with E-state index in [2.05, 4.69) is 22.5 Å². The number of hydrogen-bond donors (Lipinski definition) is 2. The molecule has 0 saturated carbocycles. The maximum Gasteiger partial charge on any atom is 0.271 e. The Labute approximate surface area is 138 Å². The van der Waals surface area contributed by atoms with E-state index in [4.69, 9.17) is 11.6 Å². The summed E-state index contributed by atoms with van der Waals surface area (Å²) in [4.78, 5) is 16.8. The van der Waals surface area contributed by atoms with Crippen molar-refractivity contribution in [2.75, 3.05) is 13.1 Å². The molecule has 1 aromatic carbocycles. The Bertz CT molecular complexity index is 673. The lowest BCUT2D eigenvalue weighted by Crippen LogP contribution is -2.50. The van der Waals surface area contributed by atoms with Gasteiger partial charge in [0.05, 0.1) is 5.02 Å². The number of nitrogens with one attached hydrogen (secondary N) is 2. The normalized spacial score (nSPS) is 21.5. The first-order valence-electron chi connectivity index (χ1n) is 7.37. The number of carbonyl (C=O) groups excluding carboxylic acids is 1. The number of rotatable bonds is 3. The molecule has 6 heteroatoms. The molecule has 0 bridgehead atoms. The van der Waals surface area contributed by atoms with Crippen LogP contribution in [0.3, 0.4) is 0 Å². The van der Waals surface area contributed by atoms with Crippen LogP contribution in [-0.4, -0.2) is 30.0 Å². The van der Waals surface area contributed by atoms with Crippen LogP contribution in [0.4, 0.5) is 0 Å². The summed E-state index contributed by atoms with van der Waals surface area (Å²) in [6.45, 7) is 4.00. The fraction of sp³-hybridized carbons (Fsp3) is 0.375. The van der Waals surface area contributed by atoms with Crippen molar-refractivity contribution in [1.29, 1.82) is 0 Å². The molecule has 1 aromatic heterocycles. The van der Waals surface area contributed by atoms with Crippen molar-refractivity contribution in [3.8, 4) is 10.6 Å². The van der Waals surface area contributed by atoms with E-state index in [9.17, 15) is 4.79 Å². The maximum atomic E-state index is 12.4. The van der Waals surface area contributed by atoms with Gasteiger partial charge in [-0.15, -0.1) is 11.3 Å². The summed E-state index contributed by atoms with van der Waals surface area (Å²) in [6.07, 6.45) is 1.08. The number of benzene rings is 1. The summed E-state index contributed by atoms with van der Waals surface area (Å²) >= 11 is 7.62. The molecule has 1 fully saturated rings. The molecule has 1 saturated heterocycles. The van der Waals surface area contributed by atoms with Crippen LogP contribution >= 0.6 is 22.9 Å². The molecule has 2 unspecified atom stereocenters. The van der Waals surface area contributed by atoms with Gasteiger partial charge in [-0.2, -0.15) is 0 Å². The molecule has 3 rings (SSSR count). The monoisotopic (exact) mass is 335 g/mol. The lowest BCUT2D eigenvalue weighted by atomic mass is 9.95. The molecule has 116 valence electrons. The third kappa shape index (κ3) is 3.32. The van der Waals surface area contributed by atoms with Gasteiger partial charge in [-0.05, 0) is 24.9 Å². The molecular formula is C16H18ClN3OS. The van der Waals surface area contributed by atoms with Gasteiger partial charge in [0, 0.05) is 23.5 Å². The molecule has 22 heavy (non-hydrogen) atoms. The van der Waals surface area contributed by atoms with Gasteiger partial charge >= 0.3 is 0 Å². The van der Waals surface area contributed by atoms with E-state index in [-0.39, 0.29) is 11.9 Å². The quantitative estimate of drug-likeness (QED) is 0.905. The smallest absolute Gasteiger partial charge is 0.271 e. The molecule has 0 spiro atoms. The van der Waals surface area contributed by atoms with Crippen molar-refractivity contribution < 1.29 is 4.79 Å². The highest BCUT2D eigenvalue weighted by Crippen LogP contribution is 2.30. The zero-order valence-corrected chi connectivity index (χ0v) is 13.9. The first kappa shape index (κ1) is 15.5. The highest BCUT2D eigenvalue weighted by Gasteiger charge is 2.24. The van der Waals surface area contributed by atoms with E-state index < -0.39 is 0 Å². The second kappa shape index (κ2) is 6.77. The minimum absolute atomic E-state index is 0.116. The number of aromatic nitrogens is 1. The van der Waals surface area contributed by atoms with E-state index in [1.54, 1.807) is 5.38 Å². The first-order chi connectivity index (χ1) is 10.6. The molecule has 0 radical (unpaired) electrons. The van der Waals surface area contributed by atoms with Crippen molar-refractivity contribution in [2.45, 2.75) is 19.4 Å². The summed E-state index contributed by atoms with van der Waals surface area (Å²) in [5.41, 5.74) is 1.32. The Balaban J connectivity index is 1.73. The average Bonchev–Trinajstić information content (AvgIpc) is 3.00. The van der Waals surface area contributed by atoms with Gasteiger partial charge in [0.1, 0.15) is 10.7 Å². The van der Waals surface area contributed by atoms with Gasteiger partial charge in [-0.1, -0.05) is 36.7 Å². The molecule has 1 amide bonds. The van der Waals surface area contributed by atoms with Crippen LogP contribution in [0, 0.1) is 5.92 Å².